The van der Waals surface area contributed by atoms with Gasteiger partial charge in [-0.2, -0.15) is 0 Å². The van der Waals surface area contributed by atoms with E-state index in [-0.39, 0.29) is 10.9 Å². The maximum Gasteiger partial charge on any atom is 0.263 e. The smallest absolute Gasteiger partial charge is 0.263 e. The normalized spacial score (nSPS) is 14.3. The maximum atomic E-state index is 14.6. The average molecular weight is 422 g/mol. The highest BCUT2D eigenvalue weighted by molar-refractivity contribution is 7.22. The van der Waals surface area contributed by atoms with Gasteiger partial charge in [-0.25, -0.2) is 18.2 Å². The first-order valence-corrected chi connectivity index (χ1v) is 9.68. The van der Waals surface area contributed by atoms with Gasteiger partial charge in [-0.15, -0.1) is 0 Å². The van der Waals surface area contributed by atoms with E-state index in [4.69, 9.17) is 4.74 Å². The lowest BCUT2D eigenvalue weighted by atomic mass is 10.1. The Morgan fingerprint density at radius 3 is 2.52 bits per heavy atom. The summed E-state index contributed by atoms with van der Waals surface area (Å²) in [6, 6.07) is 4.72. The topological polar surface area (TPSA) is 66.5 Å². The molecule has 0 spiro atoms. The van der Waals surface area contributed by atoms with Gasteiger partial charge >= 0.3 is 0 Å². The number of benzene rings is 2. The maximum absolute atomic E-state index is 14.6. The van der Waals surface area contributed by atoms with Crippen LogP contribution >= 0.6 is 11.3 Å². The third kappa shape index (κ3) is 3.85. The van der Waals surface area contributed by atoms with Crippen LogP contribution in [0.4, 0.5) is 24.0 Å². The van der Waals surface area contributed by atoms with Crippen LogP contribution in [0.25, 0.3) is 10.2 Å². The van der Waals surface area contributed by atoms with Gasteiger partial charge in [0.05, 0.1) is 11.8 Å². The van der Waals surface area contributed by atoms with Crippen molar-refractivity contribution in [2.24, 2.45) is 0 Å². The van der Waals surface area contributed by atoms with Gasteiger partial charge in [0.1, 0.15) is 34.3 Å². The minimum atomic E-state index is -0.967. The summed E-state index contributed by atoms with van der Waals surface area (Å²) in [5.41, 5.74) is 0.0451. The number of ether oxygens (including phenoxy) is 1. The molecule has 0 bridgehead atoms. The number of halogens is 3. The van der Waals surface area contributed by atoms with Crippen molar-refractivity contribution in [3.05, 3.63) is 47.3 Å². The van der Waals surface area contributed by atoms with E-state index >= 15 is 0 Å². The third-order valence-electron chi connectivity index (χ3n) is 4.60. The van der Waals surface area contributed by atoms with Crippen LogP contribution in [-0.2, 0) is 0 Å². The molecule has 0 aliphatic carbocycles. The van der Waals surface area contributed by atoms with Gasteiger partial charge in [0.2, 0.25) is 0 Å². The quantitative estimate of drug-likeness (QED) is 0.675. The number of piperazine rings is 1. The second-order valence-corrected chi connectivity index (χ2v) is 7.48. The molecule has 3 aromatic rings. The van der Waals surface area contributed by atoms with Crippen molar-refractivity contribution in [2.45, 2.75) is 0 Å². The molecule has 0 unspecified atom stereocenters. The Morgan fingerprint density at radius 2 is 1.86 bits per heavy atom. The third-order valence-corrected chi connectivity index (χ3v) is 5.52. The number of anilines is 2. The summed E-state index contributed by atoms with van der Waals surface area (Å²) >= 11 is 0.978. The van der Waals surface area contributed by atoms with Crippen molar-refractivity contribution in [2.75, 3.05) is 43.5 Å². The lowest BCUT2D eigenvalue weighted by molar-refractivity contribution is 0.101. The number of hydrogen-bond donors (Lipinski definition) is 2. The first-order valence-electron chi connectivity index (χ1n) is 8.86. The van der Waals surface area contributed by atoms with E-state index in [2.05, 4.69) is 15.6 Å². The van der Waals surface area contributed by atoms with Crippen molar-refractivity contribution in [3.8, 4) is 5.75 Å². The lowest BCUT2D eigenvalue weighted by Gasteiger charge is -2.29. The molecular weight excluding hydrogens is 405 g/mol. The van der Waals surface area contributed by atoms with Crippen LogP contribution in [0.3, 0.4) is 0 Å². The lowest BCUT2D eigenvalue weighted by Crippen LogP contribution is -2.43. The molecule has 1 fully saturated rings. The fourth-order valence-corrected chi connectivity index (χ4v) is 4.12. The predicted molar refractivity (Wildman–Crippen MR) is 106 cm³/mol. The van der Waals surface area contributed by atoms with Crippen molar-refractivity contribution in [1.29, 1.82) is 0 Å². The van der Waals surface area contributed by atoms with E-state index in [0.29, 0.717) is 42.1 Å². The number of carbonyl (C=O) groups excluding carboxylic acids is 1. The van der Waals surface area contributed by atoms with Crippen molar-refractivity contribution in [3.63, 3.8) is 0 Å². The SMILES string of the molecule is COc1cc(F)cc2sc(NC(=O)c3c(F)cc(N4CCNCC4)cc3F)nc12. The van der Waals surface area contributed by atoms with Crippen LogP contribution in [0.5, 0.6) is 5.75 Å². The van der Waals surface area contributed by atoms with Gasteiger partial charge in [-0.05, 0) is 18.2 Å². The molecule has 2 N–H and O–H groups in total. The molecule has 4 rings (SSSR count). The molecular formula is C19H17F3N4O2S. The minimum Gasteiger partial charge on any atom is -0.494 e. The first-order chi connectivity index (χ1) is 14.0. The molecule has 1 aliphatic rings. The molecule has 1 amide bonds. The number of thiazole rings is 1. The number of nitrogens with one attached hydrogen (secondary N) is 2. The van der Waals surface area contributed by atoms with Gasteiger partial charge in [0.15, 0.2) is 5.13 Å². The van der Waals surface area contributed by atoms with Crippen molar-refractivity contribution < 1.29 is 22.7 Å². The van der Waals surface area contributed by atoms with Gasteiger partial charge in [-0.3, -0.25) is 10.1 Å². The second kappa shape index (κ2) is 7.88. The molecule has 1 saturated heterocycles. The second-order valence-electron chi connectivity index (χ2n) is 6.45. The minimum absolute atomic E-state index is 0.0823. The van der Waals surface area contributed by atoms with Crippen molar-refractivity contribution >= 4 is 38.3 Å². The van der Waals surface area contributed by atoms with Gasteiger partial charge in [0, 0.05) is 37.9 Å². The van der Waals surface area contributed by atoms with E-state index in [0.717, 1.165) is 23.5 Å². The number of methoxy groups -OCH3 is 1. The molecule has 152 valence electrons. The number of nitrogens with zero attached hydrogens (tertiary/aromatic N) is 2. The van der Waals surface area contributed by atoms with Crippen LogP contribution in [-0.4, -0.2) is 44.2 Å². The average Bonchev–Trinajstić information content (AvgIpc) is 3.09. The molecule has 1 aliphatic heterocycles. The number of carbonyl (C=O) groups is 1. The fourth-order valence-electron chi connectivity index (χ4n) is 3.22. The van der Waals surface area contributed by atoms with Gasteiger partial charge in [-0.1, -0.05) is 11.3 Å². The molecule has 0 radical (unpaired) electrons. The molecule has 1 aromatic heterocycles. The summed E-state index contributed by atoms with van der Waals surface area (Å²) < 4.78 is 48.3. The van der Waals surface area contributed by atoms with Crippen LogP contribution in [0, 0.1) is 17.5 Å². The highest BCUT2D eigenvalue weighted by Crippen LogP contribution is 2.34. The Hall–Kier alpha value is -2.85. The number of amides is 1. The van der Waals surface area contributed by atoms with E-state index in [1.807, 2.05) is 4.90 Å². The number of fused-ring (bicyclic) bond motifs is 1. The van der Waals surface area contributed by atoms with Gasteiger partial charge in [0.25, 0.3) is 5.91 Å². The fraction of sp³-hybridized carbons (Fsp3) is 0.263. The Kier molecular flexibility index (Phi) is 5.29. The summed E-state index contributed by atoms with van der Waals surface area (Å²) in [5, 5.41) is 5.63. The largest absolute Gasteiger partial charge is 0.494 e. The van der Waals surface area contributed by atoms with E-state index in [1.165, 1.54) is 19.2 Å². The number of aromatic nitrogens is 1. The van der Waals surface area contributed by atoms with E-state index in [1.54, 1.807) is 0 Å². The summed E-state index contributed by atoms with van der Waals surface area (Å²) in [6.07, 6.45) is 0. The zero-order valence-corrected chi connectivity index (χ0v) is 16.2. The van der Waals surface area contributed by atoms with Crippen LogP contribution in [0.1, 0.15) is 10.4 Å². The standard InChI is InChI=1S/C19H17F3N4O2S/c1-28-14-6-10(20)7-15-17(14)24-19(29-15)25-18(27)16-12(21)8-11(9-13(16)22)26-4-2-23-3-5-26/h6-9,23H,2-5H2,1H3,(H,24,25,27). The van der Waals surface area contributed by atoms with Crippen LogP contribution < -0.4 is 20.3 Å². The van der Waals surface area contributed by atoms with E-state index < -0.39 is 28.9 Å². The van der Waals surface area contributed by atoms with E-state index in [9.17, 15) is 18.0 Å². The zero-order chi connectivity index (χ0) is 20.5. The first kappa shape index (κ1) is 19.5. The predicted octanol–water partition coefficient (Wildman–Crippen LogP) is 3.38. The Bertz CT molecular complexity index is 1060. The van der Waals surface area contributed by atoms with Crippen molar-refractivity contribution in [1.82, 2.24) is 10.3 Å². The summed E-state index contributed by atoms with van der Waals surface area (Å²) in [6.45, 7) is 2.67. The monoisotopic (exact) mass is 422 g/mol. The van der Waals surface area contributed by atoms with Gasteiger partial charge < -0.3 is 15.0 Å². The molecule has 2 aromatic carbocycles. The number of rotatable bonds is 4. The Labute approximate surface area is 168 Å². The molecule has 6 nitrogen and oxygen atoms in total. The Balaban J connectivity index is 1.60. The zero-order valence-electron chi connectivity index (χ0n) is 15.4. The van der Waals surface area contributed by atoms with Crippen LogP contribution in [0.2, 0.25) is 0 Å². The summed E-state index contributed by atoms with van der Waals surface area (Å²) in [5.74, 6) is -3.20. The Morgan fingerprint density at radius 1 is 1.17 bits per heavy atom. The molecule has 2 heterocycles. The summed E-state index contributed by atoms with van der Waals surface area (Å²) in [7, 11) is 1.37. The highest BCUT2D eigenvalue weighted by Gasteiger charge is 2.23. The molecule has 10 heteroatoms. The number of hydrogen-bond acceptors (Lipinski definition) is 6. The molecule has 0 saturated carbocycles. The highest BCUT2D eigenvalue weighted by atomic mass is 32.1. The van der Waals surface area contributed by atoms with Crippen LogP contribution in [0.15, 0.2) is 24.3 Å². The molecule has 0 atom stereocenters. The summed E-state index contributed by atoms with van der Waals surface area (Å²) in [4.78, 5) is 18.5. The molecule has 29 heavy (non-hydrogen) atoms.